The second kappa shape index (κ2) is 4.09. The molecule has 1 aromatic carbocycles. The fraction of sp³-hybridized carbons (Fsp3) is 0.333. The first-order valence-electron chi connectivity index (χ1n) is 4.31. The molecule has 0 saturated heterocycles. The molecule has 0 spiro atoms. The first-order valence-corrected chi connectivity index (χ1v) is 4.31. The minimum atomic E-state index is -4.70. The highest BCUT2D eigenvalue weighted by atomic mass is 19.4. The van der Waals surface area contributed by atoms with Gasteiger partial charge < -0.3 is 5.73 Å². The van der Waals surface area contributed by atoms with Crippen molar-refractivity contribution in [2.45, 2.75) is 19.1 Å². The maximum atomic E-state index is 12.4. The lowest BCUT2D eigenvalue weighted by atomic mass is 10.0. The van der Waals surface area contributed by atoms with E-state index in [4.69, 9.17) is 5.73 Å². The standard InChI is InChI=1S/C9H9F3N2O2/c1-5-3-2-4-6(7(5)14(15)16)8(13)9(10,11)12/h2-4,8H,13H2,1H3/t8-/m1/s1. The van der Waals surface area contributed by atoms with Crippen molar-refractivity contribution in [1.29, 1.82) is 0 Å². The van der Waals surface area contributed by atoms with Gasteiger partial charge in [-0.15, -0.1) is 0 Å². The number of halogens is 3. The van der Waals surface area contributed by atoms with Gasteiger partial charge in [0, 0.05) is 5.56 Å². The van der Waals surface area contributed by atoms with Crippen LogP contribution < -0.4 is 5.73 Å². The first kappa shape index (κ1) is 12.4. The Hall–Kier alpha value is -1.63. The van der Waals surface area contributed by atoms with Crippen LogP contribution in [0.3, 0.4) is 0 Å². The van der Waals surface area contributed by atoms with E-state index in [0.29, 0.717) is 0 Å². The summed E-state index contributed by atoms with van der Waals surface area (Å²) in [5.41, 5.74) is 4.01. The van der Waals surface area contributed by atoms with Crippen molar-refractivity contribution in [3.05, 3.63) is 39.4 Å². The molecule has 0 aromatic heterocycles. The molecule has 7 heteroatoms. The molecule has 0 fully saturated rings. The zero-order chi connectivity index (χ0) is 12.5. The Kier molecular flexibility index (Phi) is 3.18. The number of benzene rings is 1. The minimum Gasteiger partial charge on any atom is -0.316 e. The third-order valence-corrected chi connectivity index (χ3v) is 2.14. The lowest BCUT2D eigenvalue weighted by molar-refractivity contribution is -0.386. The molecule has 0 saturated carbocycles. The predicted octanol–water partition coefficient (Wildman–Crippen LogP) is 2.47. The molecule has 88 valence electrons. The van der Waals surface area contributed by atoms with Gasteiger partial charge in [0.25, 0.3) is 5.69 Å². The number of nitrogens with two attached hydrogens (primary N) is 1. The monoisotopic (exact) mass is 234 g/mol. The SMILES string of the molecule is Cc1cccc([C@@H](N)C(F)(F)F)c1[N+](=O)[O-]. The van der Waals surface area contributed by atoms with Gasteiger partial charge in [-0.2, -0.15) is 13.2 Å². The van der Waals surface area contributed by atoms with Gasteiger partial charge in [-0.1, -0.05) is 18.2 Å². The van der Waals surface area contributed by atoms with Crippen LogP contribution in [0.15, 0.2) is 18.2 Å². The molecule has 0 bridgehead atoms. The van der Waals surface area contributed by atoms with Crippen LogP contribution in [0.4, 0.5) is 18.9 Å². The molecule has 2 N–H and O–H groups in total. The predicted molar refractivity (Wildman–Crippen MR) is 50.8 cm³/mol. The largest absolute Gasteiger partial charge is 0.407 e. The highest BCUT2D eigenvalue weighted by Crippen LogP contribution is 2.36. The topological polar surface area (TPSA) is 69.2 Å². The number of aryl methyl sites for hydroxylation is 1. The average molecular weight is 234 g/mol. The van der Waals surface area contributed by atoms with E-state index in [2.05, 4.69) is 0 Å². The number of alkyl halides is 3. The number of nitro benzene ring substituents is 1. The van der Waals surface area contributed by atoms with Crippen molar-refractivity contribution in [2.75, 3.05) is 0 Å². The lowest BCUT2D eigenvalue weighted by Gasteiger charge is -2.16. The van der Waals surface area contributed by atoms with Crippen LogP contribution in [0.1, 0.15) is 17.2 Å². The molecule has 0 aliphatic carbocycles. The average Bonchev–Trinajstić information content (AvgIpc) is 2.14. The Balaban J connectivity index is 3.34. The third kappa shape index (κ3) is 2.30. The highest BCUT2D eigenvalue weighted by Gasteiger charge is 2.41. The molecule has 1 atom stereocenters. The van der Waals surface area contributed by atoms with Crippen molar-refractivity contribution < 1.29 is 18.1 Å². The van der Waals surface area contributed by atoms with Crippen LogP contribution >= 0.6 is 0 Å². The second-order valence-electron chi connectivity index (χ2n) is 3.29. The van der Waals surface area contributed by atoms with E-state index < -0.39 is 28.4 Å². The fourth-order valence-electron chi connectivity index (χ4n) is 1.36. The molecular weight excluding hydrogens is 225 g/mol. The van der Waals surface area contributed by atoms with Crippen LogP contribution in [0.5, 0.6) is 0 Å². The Morgan fingerprint density at radius 1 is 1.44 bits per heavy atom. The van der Waals surface area contributed by atoms with Gasteiger partial charge in [0.1, 0.15) is 6.04 Å². The molecule has 0 radical (unpaired) electrons. The van der Waals surface area contributed by atoms with Gasteiger partial charge in [-0.3, -0.25) is 10.1 Å². The smallest absolute Gasteiger partial charge is 0.316 e. The Labute approximate surface area is 89.0 Å². The summed E-state index contributed by atoms with van der Waals surface area (Å²) in [6, 6.07) is 1.35. The lowest BCUT2D eigenvalue weighted by Crippen LogP contribution is -2.29. The Morgan fingerprint density at radius 2 is 2.00 bits per heavy atom. The van der Waals surface area contributed by atoms with E-state index in [9.17, 15) is 23.3 Å². The van der Waals surface area contributed by atoms with Crippen molar-refractivity contribution in [1.82, 2.24) is 0 Å². The summed E-state index contributed by atoms with van der Waals surface area (Å²) in [5.74, 6) is 0. The van der Waals surface area contributed by atoms with E-state index in [1.807, 2.05) is 0 Å². The van der Waals surface area contributed by atoms with Crippen LogP contribution in [-0.4, -0.2) is 11.1 Å². The molecule has 0 aliphatic rings. The van der Waals surface area contributed by atoms with Gasteiger partial charge in [0.15, 0.2) is 0 Å². The van der Waals surface area contributed by atoms with Gasteiger partial charge in [0.05, 0.1) is 10.5 Å². The number of nitro groups is 1. The zero-order valence-corrected chi connectivity index (χ0v) is 8.28. The van der Waals surface area contributed by atoms with Gasteiger partial charge in [-0.05, 0) is 6.92 Å². The Morgan fingerprint density at radius 3 is 2.44 bits per heavy atom. The van der Waals surface area contributed by atoms with E-state index in [0.717, 1.165) is 6.07 Å². The highest BCUT2D eigenvalue weighted by molar-refractivity contribution is 5.49. The summed E-state index contributed by atoms with van der Waals surface area (Å²) in [6.45, 7) is 1.37. The van der Waals surface area contributed by atoms with Gasteiger partial charge in [-0.25, -0.2) is 0 Å². The molecule has 0 heterocycles. The molecule has 1 rings (SSSR count). The van der Waals surface area contributed by atoms with E-state index in [-0.39, 0.29) is 5.56 Å². The molecule has 0 amide bonds. The van der Waals surface area contributed by atoms with E-state index in [1.165, 1.54) is 19.1 Å². The van der Waals surface area contributed by atoms with Crippen molar-refractivity contribution in [2.24, 2.45) is 5.73 Å². The first-order chi connectivity index (χ1) is 7.25. The Bertz CT molecular complexity index is 418. The normalized spacial score (nSPS) is 13.6. The fourth-order valence-corrected chi connectivity index (χ4v) is 1.36. The van der Waals surface area contributed by atoms with Crippen molar-refractivity contribution >= 4 is 5.69 Å². The summed E-state index contributed by atoms with van der Waals surface area (Å²) in [6.07, 6.45) is -4.70. The number of nitrogens with zero attached hydrogens (tertiary/aromatic N) is 1. The molecule has 16 heavy (non-hydrogen) atoms. The van der Waals surface area contributed by atoms with Crippen LogP contribution in [0, 0.1) is 17.0 Å². The summed E-state index contributed by atoms with van der Waals surface area (Å²) in [7, 11) is 0. The number of hydrogen-bond acceptors (Lipinski definition) is 3. The van der Waals surface area contributed by atoms with Crippen molar-refractivity contribution in [3.8, 4) is 0 Å². The van der Waals surface area contributed by atoms with Gasteiger partial charge >= 0.3 is 6.18 Å². The van der Waals surface area contributed by atoms with Gasteiger partial charge in [0.2, 0.25) is 0 Å². The maximum absolute atomic E-state index is 12.4. The summed E-state index contributed by atoms with van der Waals surface area (Å²) < 4.78 is 37.1. The minimum absolute atomic E-state index is 0.155. The molecule has 0 unspecified atom stereocenters. The van der Waals surface area contributed by atoms with Crippen LogP contribution in [0.2, 0.25) is 0 Å². The molecule has 1 aromatic rings. The summed E-state index contributed by atoms with van der Waals surface area (Å²) in [5, 5.41) is 10.7. The number of rotatable bonds is 2. The second-order valence-corrected chi connectivity index (χ2v) is 3.29. The van der Waals surface area contributed by atoms with Crippen LogP contribution in [0.25, 0.3) is 0 Å². The molecular formula is C9H9F3N2O2. The molecule has 4 nitrogen and oxygen atoms in total. The van der Waals surface area contributed by atoms with Crippen molar-refractivity contribution in [3.63, 3.8) is 0 Å². The number of hydrogen-bond donors (Lipinski definition) is 1. The quantitative estimate of drug-likeness (QED) is 0.631. The third-order valence-electron chi connectivity index (χ3n) is 2.14. The molecule has 0 aliphatic heterocycles. The van der Waals surface area contributed by atoms with Crippen LogP contribution in [-0.2, 0) is 0 Å². The van der Waals surface area contributed by atoms with E-state index in [1.54, 1.807) is 0 Å². The summed E-state index contributed by atoms with van der Waals surface area (Å²) >= 11 is 0. The maximum Gasteiger partial charge on any atom is 0.407 e. The van der Waals surface area contributed by atoms with E-state index >= 15 is 0 Å². The summed E-state index contributed by atoms with van der Waals surface area (Å²) in [4.78, 5) is 9.81. The number of para-hydroxylation sites is 1. The zero-order valence-electron chi connectivity index (χ0n) is 8.28.